The molecule has 0 saturated carbocycles. The fraction of sp³-hybridized carbons (Fsp3) is 0. The maximum absolute atomic E-state index is 8.88. The summed E-state index contributed by atoms with van der Waals surface area (Å²) in [5, 5.41) is 0. The molecule has 3 N–H and O–H groups in total. The first-order valence-corrected chi connectivity index (χ1v) is 2.35. The highest BCUT2D eigenvalue weighted by atomic mass is 31.2. The smallest absolute Gasteiger partial charge is 0.303 e. The zero-order valence-corrected chi connectivity index (χ0v) is 3.50. The molecule has 0 spiro atoms. The van der Waals surface area contributed by atoms with Crippen molar-refractivity contribution in [3.63, 3.8) is 0 Å². The lowest BCUT2D eigenvalue weighted by atomic mass is 15.8. The van der Waals surface area contributed by atoms with Crippen LogP contribution in [0.3, 0.4) is 0 Å². The van der Waals surface area contributed by atoms with Crippen molar-refractivity contribution in [1.82, 2.24) is 0 Å². The van der Waals surface area contributed by atoms with E-state index < -0.39 is 7.82 Å². The Balaban J connectivity index is 0. The Hall–Kier alpha value is 0.0700. The second kappa shape index (κ2) is 2.28. The van der Waals surface area contributed by atoms with Gasteiger partial charge in [0.15, 0.2) is 0 Å². The van der Waals surface area contributed by atoms with E-state index in [1.165, 1.54) is 0 Å². The van der Waals surface area contributed by atoms with Gasteiger partial charge in [-0.25, -0.2) is 4.57 Å². The molecule has 0 fully saturated rings. The van der Waals surface area contributed by atoms with Crippen molar-refractivity contribution < 1.29 is 24.7 Å². The number of rotatable bonds is 0. The third-order valence-electron chi connectivity index (χ3n) is 0. The van der Waals surface area contributed by atoms with E-state index in [1.807, 2.05) is 0 Å². The van der Waals surface area contributed by atoms with E-state index in [1.54, 1.807) is 0 Å². The quantitative estimate of drug-likeness (QED) is 0.349. The van der Waals surface area contributed by atoms with Gasteiger partial charge < -0.3 is 14.7 Å². The molecule has 0 aromatic heterocycles. The van der Waals surface area contributed by atoms with Gasteiger partial charge in [0.1, 0.15) is 0 Å². The summed E-state index contributed by atoms with van der Waals surface area (Å²) in [4.78, 5) is 21.6. The molecule has 0 amide bonds. The van der Waals surface area contributed by atoms with Crippen molar-refractivity contribution in [1.29, 1.82) is 0 Å². The van der Waals surface area contributed by atoms with Gasteiger partial charge >= 0.3 is 7.82 Å². The molecule has 0 aromatic rings. The van der Waals surface area contributed by atoms with Crippen LogP contribution in [0, 0.1) is 0 Å². The summed E-state index contributed by atoms with van der Waals surface area (Å²) in [5.74, 6) is 0. The second-order valence-corrected chi connectivity index (χ2v) is 1.54. The van der Waals surface area contributed by atoms with Crippen LogP contribution in [-0.2, 0) is 10.0 Å². The predicted octanol–water partition coefficient (Wildman–Crippen LogP) is -1.05. The monoisotopic (exact) mass is 114 g/mol. The summed E-state index contributed by atoms with van der Waals surface area (Å²) in [6, 6.07) is 0. The van der Waals surface area contributed by atoms with Crippen LogP contribution in [-0.4, -0.2) is 14.7 Å². The summed E-state index contributed by atoms with van der Waals surface area (Å²) in [7, 11) is -4.64. The zero-order valence-electron chi connectivity index (χ0n) is 2.61. The summed E-state index contributed by atoms with van der Waals surface area (Å²) < 4.78 is 8.88. The van der Waals surface area contributed by atoms with Gasteiger partial charge in [-0.05, 0) is 0 Å². The first-order chi connectivity index (χ1) is 2.00. The molecule has 0 saturated heterocycles. The van der Waals surface area contributed by atoms with Crippen LogP contribution >= 0.6 is 7.82 Å². The average Bonchev–Trinajstić information content (AvgIpc) is 0.722. The Kier molecular flexibility index (Phi) is 3.58. The fourth-order valence-electron chi connectivity index (χ4n) is 0. The zero-order chi connectivity index (χ0) is 4.50. The highest BCUT2D eigenvalue weighted by molar-refractivity contribution is 7.45. The summed E-state index contributed by atoms with van der Waals surface area (Å²) >= 11 is 0. The van der Waals surface area contributed by atoms with Gasteiger partial charge in [-0.2, -0.15) is 0 Å². The maximum Gasteiger partial charge on any atom is 0.466 e. The Labute approximate surface area is 33.8 Å². The summed E-state index contributed by atoms with van der Waals surface area (Å²) in [6.07, 6.45) is 0. The molecule has 6 heteroatoms. The van der Waals surface area contributed by atoms with Gasteiger partial charge in [0.25, 0.3) is 0 Å². The van der Waals surface area contributed by atoms with E-state index in [4.69, 9.17) is 19.2 Å². The van der Waals surface area contributed by atoms with Crippen molar-refractivity contribution in [2.24, 2.45) is 0 Å². The van der Waals surface area contributed by atoms with Gasteiger partial charge in [-0.3, -0.25) is 0 Å². The minimum atomic E-state index is -4.64. The average molecular weight is 114 g/mol. The SMILES string of the molecule is O=P(O)(O)O.[O]. The van der Waals surface area contributed by atoms with Crippen LogP contribution in [0.1, 0.15) is 0 Å². The van der Waals surface area contributed by atoms with Crippen LogP contribution in [0.15, 0.2) is 0 Å². The summed E-state index contributed by atoms with van der Waals surface area (Å²) in [5.41, 5.74) is 0. The molecule has 5 nitrogen and oxygen atoms in total. The van der Waals surface area contributed by atoms with Crippen molar-refractivity contribution in [3.8, 4) is 0 Å². The molecule has 0 aromatic carbocycles. The van der Waals surface area contributed by atoms with E-state index in [0.29, 0.717) is 0 Å². The molecule has 0 aliphatic carbocycles. The van der Waals surface area contributed by atoms with Crippen LogP contribution in [0.25, 0.3) is 0 Å². The maximum atomic E-state index is 8.88. The third kappa shape index (κ3) is 7830. The Morgan fingerprint density at radius 3 is 1.17 bits per heavy atom. The van der Waals surface area contributed by atoms with Gasteiger partial charge in [-0.15, -0.1) is 0 Å². The van der Waals surface area contributed by atoms with Crippen molar-refractivity contribution in [3.05, 3.63) is 0 Å². The molecule has 0 aliphatic rings. The topological polar surface area (TPSA) is 106 Å². The fourth-order valence-corrected chi connectivity index (χ4v) is 0. The van der Waals surface area contributed by atoms with Crippen molar-refractivity contribution in [2.75, 3.05) is 0 Å². The molecule has 0 atom stereocenters. The number of hydrogen-bond donors (Lipinski definition) is 3. The van der Waals surface area contributed by atoms with Crippen molar-refractivity contribution >= 4 is 7.82 Å². The van der Waals surface area contributed by atoms with Crippen LogP contribution in [0.4, 0.5) is 0 Å². The van der Waals surface area contributed by atoms with Gasteiger partial charge in [0.05, 0.1) is 0 Å². The molecule has 0 rings (SSSR count). The molecule has 0 heterocycles. The van der Waals surface area contributed by atoms with Gasteiger partial charge in [0.2, 0.25) is 0 Å². The Morgan fingerprint density at radius 2 is 1.17 bits per heavy atom. The molecule has 0 bridgehead atoms. The standard InChI is InChI=1S/H3O4P.O/c1-5(2,3)4;/h(H3,1,2,3,4);. The number of phosphoric acid groups is 1. The normalized spacial score (nSPS) is 9.83. The predicted molar refractivity (Wildman–Crippen MR) is 14.9 cm³/mol. The molecular weight excluding hydrogens is 111 g/mol. The lowest BCUT2D eigenvalue weighted by Crippen LogP contribution is -1.66. The van der Waals surface area contributed by atoms with Gasteiger partial charge in [0, 0.05) is 5.48 Å². The second-order valence-electron chi connectivity index (χ2n) is 0.513. The Bertz CT molecular complexity index is 50.1. The largest absolute Gasteiger partial charge is 0.466 e. The van der Waals surface area contributed by atoms with Crippen molar-refractivity contribution in [2.45, 2.75) is 0 Å². The third-order valence-corrected chi connectivity index (χ3v) is 0. The minimum Gasteiger partial charge on any atom is -0.303 e. The van der Waals surface area contributed by atoms with E-state index in [9.17, 15) is 0 Å². The first-order valence-electron chi connectivity index (χ1n) is 0.783. The number of hydrogen-bond acceptors (Lipinski definition) is 1. The molecule has 6 heavy (non-hydrogen) atoms. The summed E-state index contributed by atoms with van der Waals surface area (Å²) in [6.45, 7) is 0. The molecule has 0 aliphatic heterocycles. The molecule has 38 valence electrons. The van der Waals surface area contributed by atoms with Gasteiger partial charge in [-0.1, -0.05) is 0 Å². The van der Waals surface area contributed by atoms with E-state index in [0.717, 1.165) is 0 Å². The van der Waals surface area contributed by atoms with E-state index >= 15 is 0 Å². The van der Waals surface area contributed by atoms with E-state index in [-0.39, 0.29) is 5.48 Å². The lowest BCUT2D eigenvalue weighted by molar-refractivity contribution is 0.275. The van der Waals surface area contributed by atoms with Crippen LogP contribution in [0.2, 0.25) is 0 Å². The molecule has 2 radical (unpaired) electrons. The molecular formula is H3O5P. The first kappa shape index (κ1) is 9.42. The lowest BCUT2D eigenvalue weighted by Gasteiger charge is -1.82. The van der Waals surface area contributed by atoms with Crippen LogP contribution in [0.5, 0.6) is 0 Å². The highest BCUT2D eigenvalue weighted by Crippen LogP contribution is 2.25. The minimum absolute atomic E-state index is 0. The van der Waals surface area contributed by atoms with Crippen LogP contribution < -0.4 is 0 Å². The highest BCUT2D eigenvalue weighted by Gasteiger charge is 2.00. The Morgan fingerprint density at radius 1 is 1.17 bits per heavy atom. The molecule has 0 unspecified atom stereocenters. The van der Waals surface area contributed by atoms with E-state index in [2.05, 4.69) is 0 Å².